The van der Waals surface area contributed by atoms with Crippen LogP contribution in [0.5, 0.6) is 11.5 Å². The fraction of sp³-hybridized carbons (Fsp3) is 0.118. The average molecular weight is 337 g/mol. The quantitative estimate of drug-likeness (QED) is 0.830. The summed E-state index contributed by atoms with van der Waals surface area (Å²) in [6, 6.07) is 8.16. The van der Waals surface area contributed by atoms with Gasteiger partial charge in [0.2, 0.25) is 5.83 Å². The zero-order valence-corrected chi connectivity index (χ0v) is 12.9. The fourth-order valence-corrected chi connectivity index (χ4v) is 1.91. The highest BCUT2D eigenvalue weighted by Crippen LogP contribution is 2.31. The van der Waals surface area contributed by atoms with Gasteiger partial charge in [0.15, 0.2) is 17.4 Å². The number of halogens is 3. The number of rotatable bonds is 5. The van der Waals surface area contributed by atoms with Crippen LogP contribution in [-0.2, 0) is 4.79 Å². The minimum Gasteiger partial charge on any atom is -0.476 e. The summed E-state index contributed by atoms with van der Waals surface area (Å²) < 4.78 is 46.3. The molecule has 0 amide bonds. The molecule has 0 radical (unpaired) electrons. The van der Waals surface area contributed by atoms with E-state index in [0.717, 1.165) is 17.8 Å². The van der Waals surface area contributed by atoms with Gasteiger partial charge in [0, 0.05) is 25.8 Å². The van der Waals surface area contributed by atoms with Crippen molar-refractivity contribution in [3.05, 3.63) is 59.4 Å². The number of carboxylic acid groups (broad SMARTS) is 1. The maximum Gasteiger partial charge on any atom is 0.364 e. The summed E-state index contributed by atoms with van der Waals surface area (Å²) in [5.41, 5.74) is 0.510. The van der Waals surface area contributed by atoms with Crippen molar-refractivity contribution in [1.82, 2.24) is 0 Å². The van der Waals surface area contributed by atoms with Crippen molar-refractivity contribution in [2.75, 3.05) is 19.0 Å². The number of aliphatic carboxylic acids is 1. The molecule has 7 heteroatoms. The van der Waals surface area contributed by atoms with Crippen LogP contribution >= 0.6 is 0 Å². The molecule has 0 heterocycles. The van der Waals surface area contributed by atoms with E-state index in [1.165, 1.54) is 6.07 Å². The molecule has 2 aromatic rings. The molecule has 24 heavy (non-hydrogen) atoms. The van der Waals surface area contributed by atoms with Crippen LogP contribution in [-0.4, -0.2) is 25.2 Å². The lowest BCUT2D eigenvalue weighted by Crippen LogP contribution is -2.08. The number of hydrogen-bond acceptors (Lipinski definition) is 3. The molecule has 2 aromatic carbocycles. The van der Waals surface area contributed by atoms with Crippen molar-refractivity contribution in [2.24, 2.45) is 0 Å². The second-order valence-electron chi connectivity index (χ2n) is 5.10. The van der Waals surface area contributed by atoms with Crippen molar-refractivity contribution >= 4 is 17.7 Å². The smallest absolute Gasteiger partial charge is 0.364 e. The van der Waals surface area contributed by atoms with Crippen LogP contribution < -0.4 is 9.64 Å². The van der Waals surface area contributed by atoms with Gasteiger partial charge in [0.1, 0.15) is 5.75 Å². The molecule has 0 aromatic heterocycles. The Labute approximate surface area is 136 Å². The summed E-state index contributed by atoms with van der Waals surface area (Å²) in [7, 11) is 3.61. The zero-order chi connectivity index (χ0) is 17.9. The SMILES string of the molecule is CN(C)c1cccc(Oc2c(F)cc(C=C(F)C(=O)O)cc2F)c1. The minimum atomic E-state index is -1.82. The van der Waals surface area contributed by atoms with E-state index in [-0.39, 0.29) is 11.3 Å². The lowest BCUT2D eigenvalue weighted by Gasteiger charge is -2.14. The zero-order valence-electron chi connectivity index (χ0n) is 12.9. The Balaban J connectivity index is 2.34. The van der Waals surface area contributed by atoms with Crippen molar-refractivity contribution in [2.45, 2.75) is 0 Å². The van der Waals surface area contributed by atoms with Crippen molar-refractivity contribution in [3.8, 4) is 11.5 Å². The topological polar surface area (TPSA) is 49.8 Å². The number of hydrogen-bond donors (Lipinski definition) is 1. The summed E-state index contributed by atoms with van der Waals surface area (Å²) in [6.07, 6.45) is 0.519. The van der Waals surface area contributed by atoms with Gasteiger partial charge >= 0.3 is 5.97 Å². The van der Waals surface area contributed by atoms with Crippen LogP contribution in [0.2, 0.25) is 0 Å². The standard InChI is InChI=1S/C17H14F3NO3/c1-21(2)11-4-3-5-12(9-11)24-16-13(18)6-10(7-14(16)19)8-15(20)17(22)23/h3-9H,1-2H3,(H,22,23). The predicted octanol–water partition coefficient (Wildman–Crippen LogP) is 4.22. The molecule has 0 spiro atoms. The second kappa shape index (κ2) is 7.08. The van der Waals surface area contributed by atoms with E-state index in [1.54, 1.807) is 37.2 Å². The highest BCUT2D eigenvalue weighted by Gasteiger charge is 2.15. The third-order valence-electron chi connectivity index (χ3n) is 3.07. The minimum absolute atomic E-state index is 0.221. The molecule has 0 saturated heterocycles. The summed E-state index contributed by atoms with van der Waals surface area (Å²) in [5, 5.41) is 8.44. The molecule has 0 aliphatic carbocycles. The Bertz CT molecular complexity index is 780. The highest BCUT2D eigenvalue weighted by molar-refractivity contribution is 5.89. The van der Waals surface area contributed by atoms with E-state index in [9.17, 15) is 18.0 Å². The normalized spacial score (nSPS) is 11.3. The van der Waals surface area contributed by atoms with Gasteiger partial charge in [-0.15, -0.1) is 0 Å². The van der Waals surface area contributed by atoms with Crippen LogP contribution in [0, 0.1) is 11.6 Å². The molecule has 0 aliphatic heterocycles. The molecule has 0 bridgehead atoms. The van der Waals surface area contributed by atoms with Crippen molar-refractivity contribution in [1.29, 1.82) is 0 Å². The van der Waals surface area contributed by atoms with Gasteiger partial charge in [-0.05, 0) is 35.9 Å². The van der Waals surface area contributed by atoms with Gasteiger partial charge < -0.3 is 14.7 Å². The van der Waals surface area contributed by atoms with Gasteiger partial charge in [-0.2, -0.15) is 4.39 Å². The summed E-state index contributed by atoms with van der Waals surface area (Å²) in [5.74, 6) is -5.93. The molecule has 0 aliphatic rings. The first kappa shape index (κ1) is 17.4. The van der Waals surface area contributed by atoms with Crippen LogP contribution in [0.25, 0.3) is 6.08 Å². The molecule has 0 unspecified atom stereocenters. The number of benzene rings is 2. The number of carbonyl (C=O) groups is 1. The summed E-state index contributed by atoms with van der Waals surface area (Å²) in [6.45, 7) is 0. The molecule has 4 nitrogen and oxygen atoms in total. The highest BCUT2D eigenvalue weighted by atomic mass is 19.1. The van der Waals surface area contributed by atoms with Crippen LogP contribution in [0.4, 0.5) is 18.9 Å². The monoisotopic (exact) mass is 337 g/mol. The molecule has 126 valence electrons. The second-order valence-corrected chi connectivity index (χ2v) is 5.10. The Morgan fingerprint density at radius 1 is 1.17 bits per heavy atom. The number of carboxylic acids is 1. The molecular weight excluding hydrogens is 323 g/mol. The van der Waals surface area contributed by atoms with Gasteiger partial charge in [-0.25, -0.2) is 13.6 Å². The van der Waals surface area contributed by atoms with E-state index >= 15 is 0 Å². The van der Waals surface area contributed by atoms with Crippen LogP contribution in [0.1, 0.15) is 5.56 Å². The van der Waals surface area contributed by atoms with Crippen LogP contribution in [0.3, 0.4) is 0 Å². The molecule has 2 rings (SSSR count). The molecule has 0 fully saturated rings. The van der Waals surface area contributed by atoms with Gasteiger partial charge in [-0.1, -0.05) is 6.07 Å². The molecule has 1 N–H and O–H groups in total. The van der Waals surface area contributed by atoms with E-state index in [2.05, 4.69) is 0 Å². The maximum atomic E-state index is 14.0. The lowest BCUT2D eigenvalue weighted by atomic mass is 10.1. The number of ether oxygens (including phenoxy) is 1. The summed E-state index contributed by atoms with van der Waals surface area (Å²) >= 11 is 0. The Kier molecular flexibility index (Phi) is 5.13. The molecule has 0 saturated carbocycles. The van der Waals surface area contributed by atoms with E-state index in [4.69, 9.17) is 9.84 Å². The van der Waals surface area contributed by atoms with E-state index in [1.807, 2.05) is 0 Å². The third-order valence-corrected chi connectivity index (χ3v) is 3.07. The average Bonchev–Trinajstić information content (AvgIpc) is 2.51. The molecular formula is C17H14F3NO3. The van der Waals surface area contributed by atoms with Crippen molar-refractivity contribution in [3.63, 3.8) is 0 Å². The number of anilines is 1. The lowest BCUT2D eigenvalue weighted by molar-refractivity contribution is -0.134. The van der Waals surface area contributed by atoms with Gasteiger partial charge in [-0.3, -0.25) is 0 Å². The van der Waals surface area contributed by atoms with E-state index < -0.39 is 29.2 Å². The summed E-state index contributed by atoms with van der Waals surface area (Å²) in [4.78, 5) is 12.2. The Morgan fingerprint density at radius 3 is 2.33 bits per heavy atom. The first-order valence-electron chi connectivity index (χ1n) is 6.82. The Hall–Kier alpha value is -2.96. The first-order valence-corrected chi connectivity index (χ1v) is 6.82. The maximum absolute atomic E-state index is 14.0. The fourth-order valence-electron chi connectivity index (χ4n) is 1.91. The number of nitrogens with zero attached hydrogens (tertiary/aromatic N) is 1. The van der Waals surface area contributed by atoms with Crippen LogP contribution in [0.15, 0.2) is 42.2 Å². The molecule has 0 atom stereocenters. The van der Waals surface area contributed by atoms with E-state index in [0.29, 0.717) is 6.08 Å². The largest absolute Gasteiger partial charge is 0.476 e. The van der Waals surface area contributed by atoms with Crippen molar-refractivity contribution < 1.29 is 27.8 Å². The first-order chi connectivity index (χ1) is 11.3. The Morgan fingerprint density at radius 2 is 1.79 bits per heavy atom. The predicted molar refractivity (Wildman–Crippen MR) is 83.9 cm³/mol. The van der Waals surface area contributed by atoms with Gasteiger partial charge in [0.05, 0.1) is 0 Å². The van der Waals surface area contributed by atoms with Gasteiger partial charge in [0.25, 0.3) is 0 Å². The third kappa shape index (κ3) is 4.07.